The highest BCUT2D eigenvalue weighted by atomic mass is 16.3. The standard InChI is InChI=1S/C10H19NO/c1-7-6-10(12)8-4-2-3-5-9(8)11-7/h7-12H,2-6H2,1H3. The molecule has 4 unspecified atom stereocenters. The van der Waals surface area contributed by atoms with E-state index in [9.17, 15) is 5.11 Å². The van der Waals surface area contributed by atoms with Gasteiger partial charge in [-0.1, -0.05) is 12.8 Å². The van der Waals surface area contributed by atoms with E-state index in [1.807, 2.05) is 0 Å². The normalized spacial score (nSPS) is 48.5. The Morgan fingerprint density at radius 3 is 2.83 bits per heavy atom. The highest BCUT2D eigenvalue weighted by molar-refractivity contribution is 4.92. The first kappa shape index (κ1) is 8.52. The van der Waals surface area contributed by atoms with Gasteiger partial charge in [0.1, 0.15) is 0 Å². The first-order chi connectivity index (χ1) is 5.77. The minimum atomic E-state index is -0.0356. The summed E-state index contributed by atoms with van der Waals surface area (Å²) < 4.78 is 0. The van der Waals surface area contributed by atoms with Crippen molar-refractivity contribution >= 4 is 0 Å². The first-order valence-corrected chi connectivity index (χ1v) is 5.21. The van der Waals surface area contributed by atoms with Crippen molar-refractivity contribution in [2.24, 2.45) is 5.92 Å². The van der Waals surface area contributed by atoms with Gasteiger partial charge in [-0.15, -0.1) is 0 Å². The fraction of sp³-hybridized carbons (Fsp3) is 1.00. The van der Waals surface area contributed by atoms with E-state index >= 15 is 0 Å². The largest absolute Gasteiger partial charge is 0.393 e. The number of aliphatic hydroxyl groups excluding tert-OH is 1. The van der Waals surface area contributed by atoms with Gasteiger partial charge in [0.25, 0.3) is 0 Å². The van der Waals surface area contributed by atoms with Gasteiger partial charge in [0.15, 0.2) is 0 Å². The Hall–Kier alpha value is -0.0800. The smallest absolute Gasteiger partial charge is 0.0598 e. The van der Waals surface area contributed by atoms with Crippen LogP contribution in [0.15, 0.2) is 0 Å². The van der Waals surface area contributed by atoms with Gasteiger partial charge in [-0.05, 0) is 26.2 Å². The van der Waals surface area contributed by atoms with Crippen LogP contribution in [0, 0.1) is 5.92 Å². The quantitative estimate of drug-likeness (QED) is 0.572. The molecule has 1 aliphatic carbocycles. The average molecular weight is 169 g/mol. The van der Waals surface area contributed by atoms with E-state index < -0.39 is 0 Å². The Labute approximate surface area is 74.4 Å². The number of piperidine rings is 1. The van der Waals surface area contributed by atoms with Crippen LogP contribution in [0.2, 0.25) is 0 Å². The summed E-state index contributed by atoms with van der Waals surface area (Å²) in [6, 6.07) is 1.12. The molecular formula is C10H19NO. The Kier molecular flexibility index (Phi) is 2.37. The minimum Gasteiger partial charge on any atom is -0.393 e. The molecule has 2 nitrogen and oxygen atoms in total. The monoisotopic (exact) mass is 169 g/mol. The van der Waals surface area contributed by atoms with E-state index in [-0.39, 0.29) is 6.10 Å². The van der Waals surface area contributed by atoms with Gasteiger partial charge in [-0.25, -0.2) is 0 Å². The molecule has 0 spiro atoms. The molecule has 12 heavy (non-hydrogen) atoms. The summed E-state index contributed by atoms with van der Waals surface area (Å²) in [5.41, 5.74) is 0. The summed E-state index contributed by atoms with van der Waals surface area (Å²) in [7, 11) is 0. The van der Waals surface area contributed by atoms with Crippen LogP contribution in [-0.4, -0.2) is 23.3 Å². The molecule has 4 atom stereocenters. The zero-order chi connectivity index (χ0) is 8.55. The Balaban J connectivity index is 2.01. The molecule has 2 fully saturated rings. The van der Waals surface area contributed by atoms with Gasteiger partial charge >= 0.3 is 0 Å². The topological polar surface area (TPSA) is 32.3 Å². The molecule has 2 N–H and O–H groups in total. The maximum absolute atomic E-state index is 9.83. The van der Waals surface area contributed by atoms with Crippen LogP contribution >= 0.6 is 0 Å². The van der Waals surface area contributed by atoms with Gasteiger partial charge < -0.3 is 10.4 Å². The third kappa shape index (κ3) is 1.50. The van der Waals surface area contributed by atoms with Crippen LogP contribution in [0.1, 0.15) is 39.0 Å². The van der Waals surface area contributed by atoms with E-state index in [2.05, 4.69) is 12.2 Å². The van der Waals surface area contributed by atoms with Crippen molar-refractivity contribution in [3.63, 3.8) is 0 Å². The summed E-state index contributed by atoms with van der Waals surface area (Å²) in [5, 5.41) is 13.4. The van der Waals surface area contributed by atoms with Crippen LogP contribution < -0.4 is 5.32 Å². The number of hydrogen-bond donors (Lipinski definition) is 2. The van der Waals surface area contributed by atoms with Gasteiger partial charge in [-0.3, -0.25) is 0 Å². The van der Waals surface area contributed by atoms with E-state index in [1.54, 1.807) is 0 Å². The predicted octanol–water partition coefficient (Wildman–Crippen LogP) is 1.29. The van der Waals surface area contributed by atoms with Crippen LogP contribution in [0.4, 0.5) is 0 Å². The van der Waals surface area contributed by atoms with Gasteiger partial charge in [-0.2, -0.15) is 0 Å². The molecule has 0 radical (unpaired) electrons. The Bertz CT molecular complexity index is 160. The number of fused-ring (bicyclic) bond motifs is 1. The van der Waals surface area contributed by atoms with E-state index in [4.69, 9.17) is 0 Å². The van der Waals surface area contributed by atoms with Crippen molar-refractivity contribution in [1.29, 1.82) is 0 Å². The molecule has 1 aliphatic heterocycles. The minimum absolute atomic E-state index is 0.0356. The maximum atomic E-state index is 9.83. The second-order valence-corrected chi connectivity index (χ2v) is 4.43. The molecular weight excluding hydrogens is 150 g/mol. The van der Waals surface area contributed by atoms with Gasteiger partial charge in [0, 0.05) is 18.0 Å². The molecule has 0 aromatic rings. The van der Waals surface area contributed by atoms with Crippen molar-refractivity contribution in [3.8, 4) is 0 Å². The molecule has 0 aromatic carbocycles. The third-order valence-electron chi connectivity index (χ3n) is 3.41. The summed E-state index contributed by atoms with van der Waals surface area (Å²) in [6.45, 7) is 2.17. The van der Waals surface area contributed by atoms with E-state index in [1.165, 1.54) is 25.7 Å². The first-order valence-electron chi connectivity index (χ1n) is 5.21. The summed E-state index contributed by atoms with van der Waals surface area (Å²) in [4.78, 5) is 0. The van der Waals surface area contributed by atoms with Gasteiger partial charge in [0.05, 0.1) is 6.10 Å². The van der Waals surface area contributed by atoms with Crippen molar-refractivity contribution in [2.45, 2.75) is 57.2 Å². The van der Waals surface area contributed by atoms with E-state index in [0.717, 1.165) is 6.42 Å². The maximum Gasteiger partial charge on any atom is 0.0598 e. The molecule has 0 bridgehead atoms. The lowest BCUT2D eigenvalue weighted by Gasteiger charge is -2.42. The van der Waals surface area contributed by atoms with Crippen LogP contribution in [-0.2, 0) is 0 Å². The molecule has 2 aliphatic rings. The summed E-state index contributed by atoms with van der Waals surface area (Å²) in [5.74, 6) is 0.551. The van der Waals surface area contributed by atoms with Crippen molar-refractivity contribution < 1.29 is 5.11 Å². The van der Waals surface area contributed by atoms with Crippen molar-refractivity contribution in [2.75, 3.05) is 0 Å². The SMILES string of the molecule is CC1CC(O)C2CCCCC2N1. The van der Waals surface area contributed by atoms with Gasteiger partial charge in [0.2, 0.25) is 0 Å². The lowest BCUT2D eigenvalue weighted by molar-refractivity contribution is 0.0163. The summed E-state index contributed by atoms with van der Waals surface area (Å²) >= 11 is 0. The molecule has 0 amide bonds. The Morgan fingerprint density at radius 1 is 1.25 bits per heavy atom. The van der Waals surface area contributed by atoms with Crippen LogP contribution in [0.3, 0.4) is 0 Å². The fourth-order valence-electron chi connectivity index (χ4n) is 2.80. The Morgan fingerprint density at radius 2 is 2.00 bits per heavy atom. The predicted molar refractivity (Wildman–Crippen MR) is 49.0 cm³/mol. The van der Waals surface area contributed by atoms with E-state index in [0.29, 0.717) is 18.0 Å². The highest BCUT2D eigenvalue weighted by Gasteiger charge is 2.35. The molecule has 1 heterocycles. The zero-order valence-corrected chi connectivity index (χ0v) is 7.79. The molecule has 70 valence electrons. The van der Waals surface area contributed by atoms with Crippen LogP contribution in [0.5, 0.6) is 0 Å². The molecule has 2 rings (SSSR count). The number of aliphatic hydroxyl groups is 1. The molecule has 1 saturated carbocycles. The molecule has 1 saturated heterocycles. The van der Waals surface area contributed by atoms with Crippen molar-refractivity contribution in [1.82, 2.24) is 5.32 Å². The zero-order valence-electron chi connectivity index (χ0n) is 7.79. The number of hydrogen-bond acceptors (Lipinski definition) is 2. The lowest BCUT2D eigenvalue weighted by atomic mass is 9.76. The highest BCUT2D eigenvalue weighted by Crippen LogP contribution is 2.32. The second kappa shape index (κ2) is 3.35. The number of nitrogens with one attached hydrogen (secondary N) is 1. The third-order valence-corrected chi connectivity index (χ3v) is 3.41. The fourth-order valence-corrected chi connectivity index (χ4v) is 2.80. The molecule has 2 heteroatoms. The van der Waals surface area contributed by atoms with Crippen molar-refractivity contribution in [3.05, 3.63) is 0 Å². The second-order valence-electron chi connectivity index (χ2n) is 4.43. The van der Waals surface area contributed by atoms with Crippen LogP contribution in [0.25, 0.3) is 0 Å². The summed E-state index contributed by atoms with van der Waals surface area (Å²) in [6.07, 6.45) is 6.06. The number of rotatable bonds is 0. The average Bonchev–Trinajstić information content (AvgIpc) is 2.04. The molecule has 0 aromatic heterocycles. The lowest BCUT2D eigenvalue weighted by Crippen LogP contribution is -2.53.